The number of benzene rings is 2. The monoisotopic (exact) mass is 292 g/mol. The second-order valence-corrected chi connectivity index (χ2v) is 6.09. The zero-order valence-electron chi connectivity index (χ0n) is 12.8. The molecule has 1 aliphatic rings. The van der Waals surface area contributed by atoms with Crippen molar-refractivity contribution in [2.75, 3.05) is 0 Å². The van der Waals surface area contributed by atoms with Crippen molar-refractivity contribution in [1.29, 1.82) is 0 Å². The first-order valence-corrected chi connectivity index (χ1v) is 7.91. The minimum atomic E-state index is -0.442. The van der Waals surface area contributed by atoms with Crippen molar-refractivity contribution in [1.82, 2.24) is 0 Å². The molecule has 1 aliphatic carbocycles. The summed E-state index contributed by atoms with van der Waals surface area (Å²) < 4.78 is 0. The molecule has 2 aromatic rings. The second kappa shape index (κ2) is 5.88. The molecule has 2 nitrogen and oxygen atoms in total. The lowest BCUT2D eigenvalue weighted by atomic mass is 9.63. The van der Waals surface area contributed by atoms with Crippen LogP contribution in [0.2, 0.25) is 0 Å². The van der Waals surface area contributed by atoms with Crippen LogP contribution in [0.25, 0.3) is 0 Å². The molecule has 0 N–H and O–H groups in total. The van der Waals surface area contributed by atoms with Crippen molar-refractivity contribution in [2.45, 2.75) is 38.0 Å². The maximum atomic E-state index is 12.3. The van der Waals surface area contributed by atoms with Gasteiger partial charge in [0.15, 0.2) is 0 Å². The van der Waals surface area contributed by atoms with E-state index in [1.165, 1.54) is 24.8 Å². The van der Waals surface area contributed by atoms with Crippen LogP contribution < -0.4 is 0 Å². The summed E-state index contributed by atoms with van der Waals surface area (Å²) in [5, 5.41) is 0. The third-order valence-corrected chi connectivity index (χ3v) is 4.99. The Kier molecular flexibility index (Phi) is 3.93. The first-order chi connectivity index (χ1) is 10.7. The number of Topliss-reactive ketones (excluding diaryl/α,β-unsaturated/α-hetero) is 2. The number of ketones is 2. The number of hydrogen-bond acceptors (Lipinski definition) is 2. The Morgan fingerprint density at radius 1 is 0.864 bits per heavy atom. The SMILES string of the molecule is CCC1(c2ccc(C(=O)C(=O)c3ccccc3)cc2)CCC1. The molecule has 0 radical (unpaired) electrons. The normalized spacial score (nSPS) is 15.9. The quantitative estimate of drug-likeness (QED) is 0.597. The average Bonchev–Trinajstić information content (AvgIpc) is 2.54. The van der Waals surface area contributed by atoms with E-state index < -0.39 is 11.6 Å². The molecule has 1 saturated carbocycles. The summed E-state index contributed by atoms with van der Waals surface area (Å²) in [6.45, 7) is 2.22. The molecule has 0 atom stereocenters. The Morgan fingerprint density at radius 3 is 1.86 bits per heavy atom. The van der Waals surface area contributed by atoms with Crippen LogP contribution in [0.1, 0.15) is 58.9 Å². The molecule has 0 bridgehead atoms. The van der Waals surface area contributed by atoms with Crippen LogP contribution in [0.15, 0.2) is 54.6 Å². The molecule has 2 aromatic carbocycles. The highest BCUT2D eigenvalue weighted by atomic mass is 16.2. The van der Waals surface area contributed by atoms with Crippen molar-refractivity contribution in [3.8, 4) is 0 Å². The Balaban J connectivity index is 1.81. The van der Waals surface area contributed by atoms with E-state index >= 15 is 0 Å². The number of rotatable bonds is 5. The highest BCUT2D eigenvalue weighted by Crippen LogP contribution is 2.46. The van der Waals surface area contributed by atoms with E-state index in [4.69, 9.17) is 0 Å². The van der Waals surface area contributed by atoms with E-state index in [-0.39, 0.29) is 0 Å². The molecule has 3 rings (SSSR count). The van der Waals surface area contributed by atoms with Gasteiger partial charge in [-0.1, -0.05) is 67.9 Å². The van der Waals surface area contributed by atoms with Crippen LogP contribution in [0.4, 0.5) is 0 Å². The van der Waals surface area contributed by atoms with Gasteiger partial charge in [-0.15, -0.1) is 0 Å². The molecule has 0 aliphatic heterocycles. The molecular weight excluding hydrogens is 272 g/mol. The van der Waals surface area contributed by atoms with Crippen molar-refractivity contribution in [3.05, 3.63) is 71.3 Å². The molecule has 2 heteroatoms. The van der Waals surface area contributed by atoms with Crippen LogP contribution in [0.3, 0.4) is 0 Å². The van der Waals surface area contributed by atoms with Crippen molar-refractivity contribution in [2.24, 2.45) is 0 Å². The van der Waals surface area contributed by atoms with Gasteiger partial charge in [0.05, 0.1) is 0 Å². The highest BCUT2D eigenvalue weighted by Gasteiger charge is 2.36. The van der Waals surface area contributed by atoms with Crippen molar-refractivity contribution in [3.63, 3.8) is 0 Å². The smallest absolute Gasteiger partial charge is 0.233 e. The Morgan fingerprint density at radius 2 is 1.41 bits per heavy atom. The fourth-order valence-electron chi connectivity index (χ4n) is 3.28. The minimum Gasteiger partial charge on any atom is -0.285 e. The zero-order chi connectivity index (χ0) is 15.6. The summed E-state index contributed by atoms with van der Waals surface area (Å²) >= 11 is 0. The van der Waals surface area contributed by atoms with Gasteiger partial charge >= 0.3 is 0 Å². The number of carbonyl (C=O) groups excluding carboxylic acids is 2. The largest absolute Gasteiger partial charge is 0.285 e. The Bertz CT molecular complexity index is 674. The highest BCUT2D eigenvalue weighted by molar-refractivity contribution is 6.49. The minimum absolute atomic E-state index is 0.297. The van der Waals surface area contributed by atoms with Gasteiger partial charge < -0.3 is 0 Å². The maximum absolute atomic E-state index is 12.3. The average molecular weight is 292 g/mol. The summed E-state index contributed by atoms with van der Waals surface area (Å²) in [5.74, 6) is -0.876. The van der Waals surface area contributed by atoms with Crippen LogP contribution in [0.5, 0.6) is 0 Å². The van der Waals surface area contributed by atoms with Crippen LogP contribution in [-0.4, -0.2) is 11.6 Å². The maximum Gasteiger partial charge on any atom is 0.233 e. The van der Waals surface area contributed by atoms with Gasteiger partial charge in [0.25, 0.3) is 0 Å². The van der Waals surface area contributed by atoms with Crippen molar-refractivity contribution >= 4 is 11.6 Å². The fraction of sp³-hybridized carbons (Fsp3) is 0.300. The van der Waals surface area contributed by atoms with E-state index in [1.54, 1.807) is 36.4 Å². The lowest BCUT2D eigenvalue weighted by molar-refractivity contribution is 0.0817. The third kappa shape index (κ3) is 2.50. The standard InChI is InChI=1S/C20H20O2/c1-2-20(13-6-14-20)17-11-9-16(10-12-17)19(22)18(21)15-7-4-3-5-8-15/h3-5,7-12H,2,6,13-14H2,1H3. The number of hydrogen-bond donors (Lipinski definition) is 0. The predicted molar refractivity (Wildman–Crippen MR) is 87.4 cm³/mol. The molecule has 0 unspecified atom stereocenters. The van der Waals surface area contributed by atoms with Gasteiger partial charge in [0.1, 0.15) is 0 Å². The van der Waals surface area contributed by atoms with Crippen LogP contribution in [0, 0.1) is 0 Å². The summed E-state index contributed by atoms with van der Waals surface area (Å²) in [6.07, 6.45) is 4.85. The van der Waals surface area contributed by atoms with Gasteiger partial charge in [-0.2, -0.15) is 0 Å². The first-order valence-electron chi connectivity index (χ1n) is 7.91. The van der Waals surface area contributed by atoms with E-state index in [0.717, 1.165) is 6.42 Å². The predicted octanol–water partition coefficient (Wildman–Crippen LogP) is 4.58. The van der Waals surface area contributed by atoms with Gasteiger partial charge in [-0.25, -0.2) is 0 Å². The van der Waals surface area contributed by atoms with Gasteiger partial charge in [-0.3, -0.25) is 9.59 Å². The molecule has 112 valence electrons. The molecule has 0 spiro atoms. The Labute approximate surface area is 131 Å². The van der Waals surface area contributed by atoms with Gasteiger partial charge in [-0.05, 0) is 30.2 Å². The summed E-state index contributed by atoms with van der Waals surface area (Å²) in [4.78, 5) is 24.5. The number of carbonyl (C=O) groups is 2. The molecule has 0 heterocycles. The second-order valence-electron chi connectivity index (χ2n) is 6.09. The van der Waals surface area contributed by atoms with E-state index in [2.05, 4.69) is 6.92 Å². The third-order valence-electron chi connectivity index (χ3n) is 4.99. The topological polar surface area (TPSA) is 34.1 Å². The summed E-state index contributed by atoms with van der Waals surface area (Å²) in [5.41, 5.74) is 2.51. The zero-order valence-corrected chi connectivity index (χ0v) is 12.8. The molecule has 1 fully saturated rings. The van der Waals surface area contributed by atoms with E-state index in [1.807, 2.05) is 18.2 Å². The van der Waals surface area contributed by atoms with Gasteiger partial charge in [0, 0.05) is 11.1 Å². The lowest BCUT2D eigenvalue weighted by Gasteiger charge is -2.42. The van der Waals surface area contributed by atoms with E-state index in [0.29, 0.717) is 16.5 Å². The summed E-state index contributed by atoms with van der Waals surface area (Å²) in [7, 11) is 0. The molecule has 0 amide bonds. The summed E-state index contributed by atoms with van der Waals surface area (Å²) in [6, 6.07) is 16.4. The molecule has 0 saturated heterocycles. The molecule has 0 aromatic heterocycles. The molecular formula is C20H20O2. The van der Waals surface area contributed by atoms with Crippen LogP contribution >= 0.6 is 0 Å². The van der Waals surface area contributed by atoms with Crippen molar-refractivity contribution < 1.29 is 9.59 Å². The molecule has 22 heavy (non-hydrogen) atoms. The van der Waals surface area contributed by atoms with Crippen LogP contribution in [-0.2, 0) is 5.41 Å². The Hall–Kier alpha value is -2.22. The van der Waals surface area contributed by atoms with Gasteiger partial charge in [0.2, 0.25) is 11.6 Å². The first kappa shape index (κ1) is 14.7. The lowest BCUT2D eigenvalue weighted by Crippen LogP contribution is -2.33. The van der Waals surface area contributed by atoms with E-state index in [9.17, 15) is 9.59 Å². The fourth-order valence-corrected chi connectivity index (χ4v) is 3.28.